The van der Waals surface area contributed by atoms with Gasteiger partial charge in [0.25, 0.3) is 5.91 Å². The molecule has 0 aromatic heterocycles. The van der Waals surface area contributed by atoms with Gasteiger partial charge < -0.3 is 5.32 Å². The number of benzene rings is 1. The molecule has 0 saturated heterocycles. The second-order valence-electron chi connectivity index (χ2n) is 5.78. The van der Waals surface area contributed by atoms with Crippen molar-refractivity contribution in [1.82, 2.24) is 5.32 Å². The van der Waals surface area contributed by atoms with Crippen molar-refractivity contribution in [2.45, 2.75) is 32.6 Å². The Kier molecular flexibility index (Phi) is 2.97. The topological polar surface area (TPSA) is 29.1 Å². The molecule has 0 aliphatic heterocycles. The van der Waals surface area contributed by atoms with E-state index in [-0.39, 0.29) is 5.91 Å². The Bertz CT molecular complexity index is 489. The minimum atomic E-state index is 0.0580. The summed E-state index contributed by atoms with van der Waals surface area (Å²) in [5.41, 5.74) is 2.37. The Hall–Kier alpha value is -0.830. The molecule has 0 radical (unpaired) electrons. The van der Waals surface area contributed by atoms with Crippen LogP contribution in [0.4, 0.5) is 0 Å². The van der Waals surface area contributed by atoms with Crippen LogP contribution in [-0.2, 0) is 0 Å². The van der Waals surface area contributed by atoms with Crippen LogP contribution in [0.3, 0.4) is 0 Å². The van der Waals surface area contributed by atoms with E-state index in [1.165, 1.54) is 25.7 Å². The number of nitrogens with one attached hydrogen (secondary N) is 1. The van der Waals surface area contributed by atoms with Crippen molar-refractivity contribution in [1.29, 1.82) is 0 Å². The number of hydrogen-bond acceptors (Lipinski definition) is 1. The Labute approximate surface area is 116 Å². The Morgan fingerprint density at radius 1 is 1.44 bits per heavy atom. The molecule has 0 atom stereocenters. The SMILES string of the molecule is Cc1ccc(C(=O)NCC2(C3CC3)CC2)cc1Br. The molecule has 0 bridgehead atoms. The van der Waals surface area contributed by atoms with Gasteiger partial charge in [0.15, 0.2) is 0 Å². The molecule has 1 amide bonds. The molecule has 1 N–H and O–H groups in total. The standard InChI is InChI=1S/C15H18BrNO/c1-10-2-3-11(8-13(10)16)14(18)17-9-15(6-7-15)12-4-5-12/h2-3,8,12H,4-7,9H2,1H3,(H,17,18). The fourth-order valence-electron chi connectivity index (χ4n) is 2.68. The first kappa shape index (κ1) is 12.2. The van der Waals surface area contributed by atoms with E-state index in [9.17, 15) is 4.79 Å². The zero-order chi connectivity index (χ0) is 12.8. The van der Waals surface area contributed by atoms with Crippen LogP contribution in [0.15, 0.2) is 22.7 Å². The highest BCUT2D eigenvalue weighted by Gasteiger charge is 2.53. The summed E-state index contributed by atoms with van der Waals surface area (Å²) in [6.07, 6.45) is 5.34. The molecule has 2 fully saturated rings. The van der Waals surface area contributed by atoms with Gasteiger partial charge in [-0.05, 0) is 61.6 Å². The molecule has 2 saturated carbocycles. The molecule has 1 aromatic carbocycles. The molecule has 18 heavy (non-hydrogen) atoms. The number of halogens is 1. The monoisotopic (exact) mass is 307 g/mol. The van der Waals surface area contributed by atoms with Gasteiger partial charge in [-0.2, -0.15) is 0 Å². The molecular weight excluding hydrogens is 290 g/mol. The van der Waals surface area contributed by atoms with Crippen molar-refractivity contribution in [3.05, 3.63) is 33.8 Å². The third-order valence-electron chi connectivity index (χ3n) is 4.37. The van der Waals surface area contributed by atoms with Crippen LogP contribution in [0.1, 0.15) is 41.6 Å². The lowest BCUT2D eigenvalue weighted by Crippen LogP contribution is -2.31. The predicted octanol–water partition coefficient (Wildman–Crippen LogP) is 3.68. The van der Waals surface area contributed by atoms with Gasteiger partial charge in [-0.1, -0.05) is 22.0 Å². The van der Waals surface area contributed by atoms with Crippen LogP contribution in [0.25, 0.3) is 0 Å². The van der Waals surface area contributed by atoms with Crippen LogP contribution >= 0.6 is 15.9 Å². The summed E-state index contributed by atoms with van der Waals surface area (Å²) < 4.78 is 0.999. The van der Waals surface area contributed by atoms with Gasteiger partial charge in [-0.15, -0.1) is 0 Å². The second kappa shape index (κ2) is 4.37. The molecule has 2 nitrogen and oxygen atoms in total. The van der Waals surface area contributed by atoms with Crippen molar-refractivity contribution in [3.63, 3.8) is 0 Å². The third-order valence-corrected chi connectivity index (χ3v) is 5.22. The predicted molar refractivity (Wildman–Crippen MR) is 75.6 cm³/mol. The van der Waals surface area contributed by atoms with Crippen LogP contribution in [0.2, 0.25) is 0 Å². The molecular formula is C15H18BrNO. The molecule has 1 aromatic rings. The zero-order valence-electron chi connectivity index (χ0n) is 10.6. The summed E-state index contributed by atoms with van der Waals surface area (Å²) in [6.45, 7) is 2.89. The minimum Gasteiger partial charge on any atom is -0.351 e. The fraction of sp³-hybridized carbons (Fsp3) is 0.533. The zero-order valence-corrected chi connectivity index (χ0v) is 12.2. The quantitative estimate of drug-likeness (QED) is 0.903. The number of hydrogen-bond donors (Lipinski definition) is 1. The highest BCUT2D eigenvalue weighted by atomic mass is 79.9. The summed E-state index contributed by atoms with van der Waals surface area (Å²) in [5, 5.41) is 3.11. The molecule has 3 rings (SSSR count). The highest BCUT2D eigenvalue weighted by molar-refractivity contribution is 9.10. The van der Waals surface area contributed by atoms with Gasteiger partial charge in [0.05, 0.1) is 0 Å². The number of aryl methyl sites for hydroxylation is 1. The van der Waals surface area contributed by atoms with E-state index < -0.39 is 0 Å². The van der Waals surface area contributed by atoms with Crippen molar-refractivity contribution in [3.8, 4) is 0 Å². The van der Waals surface area contributed by atoms with E-state index in [1.807, 2.05) is 25.1 Å². The van der Waals surface area contributed by atoms with Crippen LogP contribution < -0.4 is 5.32 Å². The first-order valence-corrected chi connectivity index (χ1v) is 7.44. The number of amides is 1. The number of carbonyl (C=O) groups is 1. The van der Waals surface area contributed by atoms with Gasteiger partial charge in [0.1, 0.15) is 0 Å². The average Bonchev–Trinajstić information content (AvgIpc) is 3.22. The van der Waals surface area contributed by atoms with E-state index >= 15 is 0 Å². The molecule has 2 aliphatic rings. The smallest absolute Gasteiger partial charge is 0.251 e. The van der Waals surface area contributed by atoms with Crippen LogP contribution in [0, 0.1) is 18.3 Å². The highest BCUT2D eigenvalue weighted by Crippen LogP contribution is 2.60. The van der Waals surface area contributed by atoms with Crippen LogP contribution in [-0.4, -0.2) is 12.5 Å². The third kappa shape index (κ3) is 2.33. The number of rotatable bonds is 4. The van der Waals surface area contributed by atoms with E-state index in [0.717, 1.165) is 28.1 Å². The first-order chi connectivity index (χ1) is 8.61. The first-order valence-electron chi connectivity index (χ1n) is 6.65. The van der Waals surface area contributed by atoms with Crippen molar-refractivity contribution in [2.75, 3.05) is 6.54 Å². The van der Waals surface area contributed by atoms with Gasteiger partial charge >= 0.3 is 0 Å². The molecule has 0 unspecified atom stereocenters. The summed E-state index contributed by atoms with van der Waals surface area (Å²) in [7, 11) is 0. The number of carbonyl (C=O) groups excluding carboxylic acids is 1. The molecule has 2 aliphatic carbocycles. The molecule has 0 heterocycles. The maximum Gasteiger partial charge on any atom is 0.251 e. The summed E-state index contributed by atoms with van der Waals surface area (Å²) in [5.74, 6) is 0.949. The van der Waals surface area contributed by atoms with Crippen molar-refractivity contribution < 1.29 is 4.79 Å². The van der Waals surface area contributed by atoms with Gasteiger partial charge in [-0.25, -0.2) is 0 Å². The van der Waals surface area contributed by atoms with Crippen molar-refractivity contribution >= 4 is 21.8 Å². The minimum absolute atomic E-state index is 0.0580. The molecule has 96 valence electrons. The summed E-state index contributed by atoms with van der Waals surface area (Å²) in [4.78, 5) is 12.1. The Morgan fingerprint density at radius 3 is 2.72 bits per heavy atom. The maximum absolute atomic E-state index is 12.1. The normalized spacial score (nSPS) is 20.6. The molecule has 0 spiro atoms. The lowest BCUT2D eigenvalue weighted by atomic mass is 10.0. The van der Waals surface area contributed by atoms with Crippen molar-refractivity contribution in [2.24, 2.45) is 11.3 Å². The largest absolute Gasteiger partial charge is 0.351 e. The fourth-order valence-corrected chi connectivity index (χ4v) is 3.06. The molecule has 3 heteroatoms. The van der Waals surface area contributed by atoms with E-state index in [2.05, 4.69) is 21.2 Å². The van der Waals surface area contributed by atoms with Gasteiger partial charge in [0, 0.05) is 16.6 Å². The van der Waals surface area contributed by atoms with Gasteiger partial charge in [0.2, 0.25) is 0 Å². The lowest BCUT2D eigenvalue weighted by molar-refractivity contribution is 0.0942. The second-order valence-corrected chi connectivity index (χ2v) is 6.64. The maximum atomic E-state index is 12.1. The summed E-state index contributed by atoms with van der Waals surface area (Å²) in [6, 6.07) is 5.78. The van der Waals surface area contributed by atoms with Crippen LogP contribution in [0.5, 0.6) is 0 Å². The lowest BCUT2D eigenvalue weighted by Gasteiger charge is -2.15. The summed E-state index contributed by atoms with van der Waals surface area (Å²) >= 11 is 3.47. The Balaban J connectivity index is 1.62. The van der Waals surface area contributed by atoms with Gasteiger partial charge in [-0.3, -0.25) is 4.79 Å². The van der Waals surface area contributed by atoms with E-state index in [1.54, 1.807) is 0 Å². The Morgan fingerprint density at radius 2 is 2.17 bits per heavy atom. The average molecular weight is 308 g/mol. The van der Waals surface area contributed by atoms with E-state index in [4.69, 9.17) is 0 Å². The van der Waals surface area contributed by atoms with E-state index in [0.29, 0.717) is 5.41 Å².